The van der Waals surface area contributed by atoms with Crippen LogP contribution >= 0.6 is 15.9 Å². The van der Waals surface area contributed by atoms with Crippen molar-refractivity contribution >= 4 is 15.9 Å². The Balaban J connectivity index is 2.44. The van der Waals surface area contributed by atoms with Crippen molar-refractivity contribution in [3.8, 4) is 11.8 Å². The Morgan fingerprint density at radius 1 is 1.25 bits per heavy atom. The van der Waals surface area contributed by atoms with Gasteiger partial charge in [0.1, 0.15) is 11.8 Å². The average molecular weight is 339 g/mol. The van der Waals surface area contributed by atoms with E-state index in [4.69, 9.17) is 9.47 Å². The van der Waals surface area contributed by atoms with Gasteiger partial charge in [0.2, 0.25) is 11.8 Å². The first kappa shape index (κ1) is 14.7. The van der Waals surface area contributed by atoms with Gasteiger partial charge in [-0.25, -0.2) is 4.98 Å². The zero-order valence-electron chi connectivity index (χ0n) is 11.4. The van der Waals surface area contributed by atoms with Crippen molar-refractivity contribution in [2.45, 2.75) is 13.0 Å². The first-order valence-electron chi connectivity index (χ1n) is 5.96. The highest BCUT2D eigenvalue weighted by molar-refractivity contribution is 9.10. The molecule has 0 amide bonds. The van der Waals surface area contributed by atoms with E-state index in [2.05, 4.69) is 25.9 Å². The zero-order chi connectivity index (χ0) is 14.7. The van der Waals surface area contributed by atoms with E-state index in [1.54, 1.807) is 0 Å². The van der Waals surface area contributed by atoms with Crippen molar-refractivity contribution in [1.29, 1.82) is 0 Å². The number of aromatic nitrogens is 2. The summed E-state index contributed by atoms with van der Waals surface area (Å²) in [7, 11) is 2.97. The van der Waals surface area contributed by atoms with Crippen LogP contribution in [0.5, 0.6) is 11.8 Å². The second-order valence-electron chi connectivity index (χ2n) is 4.23. The number of aliphatic hydroxyl groups excluding tert-OH is 1. The van der Waals surface area contributed by atoms with Crippen LogP contribution in [0.3, 0.4) is 0 Å². The highest BCUT2D eigenvalue weighted by atomic mass is 79.9. The van der Waals surface area contributed by atoms with Crippen molar-refractivity contribution in [2.24, 2.45) is 0 Å². The molecule has 2 aromatic rings. The standard InChI is InChI=1S/C14H15BrN2O3/c1-8-4-5-9(10(15)6-8)13(18)12-14(20-3)17-11(19-2)7-16-12/h4-7,13,18H,1-3H3. The third-order valence-corrected chi connectivity index (χ3v) is 3.54. The maximum Gasteiger partial charge on any atom is 0.241 e. The van der Waals surface area contributed by atoms with Crippen molar-refractivity contribution in [3.05, 3.63) is 45.7 Å². The minimum absolute atomic E-state index is 0.240. The molecule has 0 aliphatic carbocycles. The zero-order valence-corrected chi connectivity index (χ0v) is 13.0. The van der Waals surface area contributed by atoms with E-state index >= 15 is 0 Å². The summed E-state index contributed by atoms with van der Waals surface area (Å²) in [6, 6.07) is 5.70. The second kappa shape index (κ2) is 6.19. The molecule has 0 aliphatic heterocycles. The van der Waals surface area contributed by atoms with Gasteiger partial charge in [0.25, 0.3) is 0 Å². The van der Waals surface area contributed by atoms with Gasteiger partial charge in [-0.3, -0.25) is 0 Å². The van der Waals surface area contributed by atoms with Crippen molar-refractivity contribution in [2.75, 3.05) is 14.2 Å². The molecule has 0 saturated heterocycles. The number of hydrogen-bond acceptors (Lipinski definition) is 5. The summed E-state index contributed by atoms with van der Waals surface area (Å²) in [5.74, 6) is 0.574. The highest BCUT2D eigenvalue weighted by Crippen LogP contribution is 2.32. The number of methoxy groups -OCH3 is 2. The molecule has 1 unspecified atom stereocenters. The second-order valence-corrected chi connectivity index (χ2v) is 5.09. The molecule has 5 nitrogen and oxygen atoms in total. The summed E-state index contributed by atoms with van der Waals surface area (Å²) in [6.45, 7) is 1.98. The summed E-state index contributed by atoms with van der Waals surface area (Å²) in [5.41, 5.74) is 2.15. The van der Waals surface area contributed by atoms with E-state index in [1.165, 1.54) is 20.4 Å². The van der Waals surface area contributed by atoms with Crippen molar-refractivity contribution in [1.82, 2.24) is 9.97 Å². The van der Waals surface area contributed by atoms with Gasteiger partial charge in [0, 0.05) is 10.0 Å². The Bertz CT molecular complexity index is 619. The Hall–Kier alpha value is -1.66. The van der Waals surface area contributed by atoms with Gasteiger partial charge >= 0.3 is 0 Å². The Morgan fingerprint density at radius 3 is 2.60 bits per heavy atom. The minimum Gasteiger partial charge on any atom is -0.480 e. The van der Waals surface area contributed by atoms with E-state index in [0.717, 1.165) is 10.0 Å². The molecule has 1 aromatic heterocycles. The lowest BCUT2D eigenvalue weighted by Gasteiger charge is -2.15. The molecule has 1 atom stereocenters. The van der Waals surface area contributed by atoms with Crippen LogP contribution < -0.4 is 9.47 Å². The smallest absolute Gasteiger partial charge is 0.241 e. The number of rotatable bonds is 4. The highest BCUT2D eigenvalue weighted by Gasteiger charge is 2.21. The molecule has 1 N–H and O–H groups in total. The molecule has 6 heteroatoms. The third kappa shape index (κ3) is 2.91. The summed E-state index contributed by atoms with van der Waals surface area (Å²) < 4.78 is 11.0. The molecule has 1 heterocycles. The molecule has 1 aromatic carbocycles. The number of aryl methyl sites for hydroxylation is 1. The quantitative estimate of drug-likeness (QED) is 0.928. The monoisotopic (exact) mass is 338 g/mol. The van der Waals surface area contributed by atoms with E-state index in [9.17, 15) is 5.11 Å². The summed E-state index contributed by atoms with van der Waals surface area (Å²) in [6.07, 6.45) is 0.515. The predicted molar refractivity (Wildman–Crippen MR) is 78.1 cm³/mol. The van der Waals surface area contributed by atoms with Gasteiger partial charge in [0.15, 0.2) is 0 Å². The number of nitrogens with zero attached hydrogens (tertiary/aromatic N) is 2. The first-order chi connectivity index (χ1) is 9.56. The van der Waals surface area contributed by atoms with Crippen LogP contribution in [-0.4, -0.2) is 29.3 Å². The van der Waals surface area contributed by atoms with Crippen LogP contribution in [-0.2, 0) is 0 Å². The number of halogens is 1. The predicted octanol–water partition coefficient (Wildman–Crippen LogP) is 2.65. The topological polar surface area (TPSA) is 64.5 Å². The molecular weight excluding hydrogens is 324 g/mol. The van der Waals surface area contributed by atoms with Gasteiger partial charge in [0.05, 0.1) is 20.4 Å². The Morgan fingerprint density at radius 2 is 2.00 bits per heavy atom. The van der Waals surface area contributed by atoms with Crippen LogP contribution in [0.25, 0.3) is 0 Å². The molecule has 0 fully saturated rings. The normalized spacial score (nSPS) is 12.1. The lowest BCUT2D eigenvalue weighted by molar-refractivity contribution is 0.206. The Labute approximate surface area is 125 Å². The van der Waals surface area contributed by atoms with E-state index < -0.39 is 6.10 Å². The number of aliphatic hydroxyl groups is 1. The summed E-state index contributed by atoms with van der Waals surface area (Å²) in [4.78, 5) is 8.30. The van der Waals surface area contributed by atoms with Crippen LogP contribution in [0.15, 0.2) is 28.9 Å². The van der Waals surface area contributed by atoms with E-state index in [1.807, 2.05) is 25.1 Å². The lowest BCUT2D eigenvalue weighted by Crippen LogP contribution is -2.08. The van der Waals surface area contributed by atoms with Crippen molar-refractivity contribution < 1.29 is 14.6 Å². The largest absolute Gasteiger partial charge is 0.480 e. The van der Waals surface area contributed by atoms with E-state index in [0.29, 0.717) is 17.1 Å². The maximum absolute atomic E-state index is 10.5. The fraction of sp³-hybridized carbons (Fsp3) is 0.286. The van der Waals surface area contributed by atoms with E-state index in [-0.39, 0.29) is 5.88 Å². The molecule has 0 aliphatic rings. The van der Waals surface area contributed by atoms with Gasteiger partial charge in [-0.05, 0) is 18.6 Å². The molecule has 0 radical (unpaired) electrons. The Kier molecular flexibility index (Phi) is 4.57. The fourth-order valence-corrected chi connectivity index (χ4v) is 2.51. The summed E-state index contributed by atoms with van der Waals surface area (Å²) >= 11 is 3.45. The number of hydrogen-bond donors (Lipinski definition) is 1. The SMILES string of the molecule is COc1cnc(C(O)c2ccc(C)cc2Br)c(OC)n1. The van der Waals surface area contributed by atoms with Crippen LogP contribution in [0, 0.1) is 6.92 Å². The van der Waals surface area contributed by atoms with Crippen LogP contribution in [0.1, 0.15) is 22.9 Å². The maximum atomic E-state index is 10.5. The van der Waals surface area contributed by atoms with Gasteiger partial charge in [-0.1, -0.05) is 28.1 Å². The molecule has 0 spiro atoms. The van der Waals surface area contributed by atoms with Crippen LogP contribution in [0.4, 0.5) is 0 Å². The number of benzene rings is 1. The minimum atomic E-state index is -0.932. The third-order valence-electron chi connectivity index (χ3n) is 2.86. The molecule has 0 saturated carbocycles. The first-order valence-corrected chi connectivity index (χ1v) is 6.75. The molecule has 20 heavy (non-hydrogen) atoms. The average Bonchev–Trinajstić information content (AvgIpc) is 2.46. The van der Waals surface area contributed by atoms with Crippen molar-refractivity contribution in [3.63, 3.8) is 0 Å². The van der Waals surface area contributed by atoms with Gasteiger partial charge < -0.3 is 14.6 Å². The summed E-state index contributed by atoms with van der Waals surface area (Å²) in [5, 5.41) is 10.5. The molecular formula is C14H15BrN2O3. The van der Waals surface area contributed by atoms with Gasteiger partial charge in [-0.15, -0.1) is 0 Å². The molecule has 0 bridgehead atoms. The molecule has 106 valence electrons. The fourth-order valence-electron chi connectivity index (χ4n) is 1.80. The lowest BCUT2D eigenvalue weighted by atomic mass is 10.0. The van der Waals surface area contributed by atoms with Gasteiger partial charge in [-0.2, -0.15) is 4.98 Å². The number of ether oxygens (including phenoxy) is 2. The molecule has 2 rings (SSSR count). The van der Waals surface area contributed by atoms with Crippen LogP contribution in [0.2, 0.25) is 0 Å².